The van der Waals surface area contributed by atoms with Gasteiger partial charge >= 0.3 is 5.69 Å². The number of benzene rings is 2. The van der Waals surface area contributed by atoms with Crippen molar-refractivity contribution in [1.82, 2.24) is 29.7 Å². The van der Waals surface area contributed by atoms with Gasteiger partial charge in [0.2, 0.25) is 23.6 Å². The smallest absolute Gasteiger partial charge is 0.329 e. The number of methoxy groups -OCH3 is 1. The summed E-state index contributed by atoms with van der Waals surface area (Å²) in [5.41, 5.74) is 8.93. The van der Waals surface area contributed by atoms with Gasteiger partial charge < -0.3 is 30.2 Å². The predicted octanol–water partition coefficient (Wildman–Crippen LogP) is 3.76. The quantitative estimate of drug-likeness (QED) is 0.0853. The molecule has 7 rings (SSSR count). The lowest BCUT2D eigenvalue weighted by Gasteiger charge is -2.29. The molecule has 4 aromatic rings. The van der Waals surface area contributed by atoms with E-state index in [2.05, 4.69) is 39.4 Å². The number of nitrogens with one attached hydrogen (secondary N) is 2. The fraction of sp³-hybridized carbons (Fsp3) is 0.511. The van der Waals surface area contributed by atoms with E-state index in [1.165, 1.54) is 11.7 Å². The van der Waals surface area contributed by atoms with Gasteiger partial charge in [0.1, 0.15) is 18.4 Å². The summed E-state index contributed by atoms with van der Waals surface area (Å²) in [5.74, 6) is 7.08. The van der Waals surface area contributed by atoms with E-state index in [1.807, 2.05) is 18.2 Å². The molecule has 4 amide bonds. The molecule has 2 aromatic carbocycles. The Kier molecular flexibility index (Phi) is 13.5. The number of carbonyl (C=O) groups is 4. The SMILES string of the molecule is COc1cc2c(OC[C@@H]3CCC(=O)N3)ncc(C#C[C@H]3CC[C@H](CN(C)CCCOCCCc4cccc5c4n(C)c(=O)n5C4CCC(=O)NC4=O)CC3)c2cc1C(N)=O. The van der Waals surface area contributed by atoms with Crippen LogP contribution in [0.1, 0.15) is 91.7 Å². The van der Waals surface area contributed by atoms with Crippen molar-refractivity contribution >= 4 is 45.4 Å². The number of para-hydroxylation sites is 1. The maximum atomic E-state index is 13.2. The average Bonchev–Trinajstić information content (AvgIpc) is 3.77. The van der Waals surface area contributed by atoms with Gasteiger partial charge in [-0.15, -0.1) is 0 Å². The van der Waals surface area contributed by atoms with Gasteiger partial charge in [0.05, 0.1) is 35.3 Å². The number of hydrogen-bond donors (Lipinski definition) is 3. The summed E-state index contributed by atoms with van der Waals surface area (Å²) < 4.78 is 20.7. The summed E-state index contributed by atoms with van der Waals surface area (Å²) in [7, 11) is 5.38. The Morgan fingerprint density at radius 3 is 2.52 bits per heavy atom. The Morgan fingerprint density at radius 1 is 1.00 bits per heavy atom. The highest BCUT2D eigenvalue weighted by Crippen LogP contribution is 2.34. The zero-order valence-corrected chi connectivity index (χ0v) is 34.7. The van der Waals surface area contributed by atoms with E-state index >= 15 is 0 Å². The number of imide groups is 1. The summed E-state index contributed by atoms with van der Waals surface area (Å²) in [6, 6.07) is 8.42. The van der Waals surface area contributed by atoms with Gasteiger partial charge in [-0.25, -0.2) is 9.78 Å². The topological polar surface area (TPSA) is 189 Å². The highest BCUT2D eigenvalue weighted by atomic mass is 16.5. The summed E-state index contributed by atoms with van der Waals surface area (Å²) in [5, 5.41) is 6.65. The number of primary amides is 1. The number of rotatable bonds is 16. The van der Waals surface area contributed by atoms with Crippen molar-refractivity contribution in [3.05, 3.63) is 63.7 Å². The molecule has 2 aliphatic heterocycles. The minimum absolute atomic E-state index is 0.0126. The molecular weight excluding hydrogens is 767 g/mol. The molecule has 15 nitrogen and oxygen atoms in total. The van der Waals surface area contributed by atoms with Crippen molar-refractivity contribution in [1.29, 1.82) is 0 Å². The van der Waals surface area contributed by atoms with Crippen LogP contribution in [0, 0.1) is 23.7 Å². The molecule has 2 aromatic heterocycles. The van der Waals surface area contributed by atoms with E-state index in [4.69, 9.17) is 19.9 Å². The van der Waals surface area contributed by atoms with Crippen molar-refractivity contribution in [3.63, 3.8) is 0 Å². The second-order valence-corrected chi connectivity index (χ2v) is 16.3. The molecular formula is C45H55N7O8. The third kappa shape index (κ3) is 9.66. The minimum Gasteiger partial charge on any atom is -0.496 e. The van der Waals surface area contributed by atoms with Gasteiger partial charge in [-0.05, 0) is 94.5 Å². The van der Waals surface area contributed by atoms with E-state index < -0.39 is 17.9 Å². The zero-order valence-electron chi connectivity index (χ0n) is 34.7. The van der Waals surface area contributed by atoms with Crippen LogP contribution < -0.4 is 31.5 Å². The maximum absolute atomic E-state index is 13.2. The molecule has 0 bridgehead atoms. The molecule has 0 radical (unpaired) electrons. The lowest BCUT2D eigenvalue weighted by atomic mass is 9.82. The van der Waals surface area contributed by atoms with Crippen LogP contribution >= 0.6 is 0 Å². The second-order valence-electron chi connectivity index (χ2n) is 16.3. The van der Waals surface area contributed by atoms with Crippen molar-refractivity contribution in [3.8, 4) is 23.5 Å². The van der Waals surface area contributed by atoms with E-state index in [0.717, 1.165) is 69.1 Å². The van der Waals surface area contributed by atoms with E-state index in [1.54, 1.807) is 29.9 Å². The van der Waals surface area contributed by atoms with Crippen molar-refractivity contribution in [2.45, 2.75) is 82.7 Å². The summed E-state index contributed by atoms with van der Waals surface area (Å²) >= 11 is 0. The lowest BCUT2D eigenvalue weighted by Crippen LogP contribution is -2.44. The largest absolute Gasteiger partial charge is 0.496 e. The summed E-state index contributed by atoms with van der Waals surface area (Å²) in [4.78, 5) is 68.4. The van der Waals surface area contributed by atoms with Gasteiger partial charge in [-0.3, -0.25) is 33.6 Å². The first-order valence-electron chi connectivity index (χ1n) is 21.0. The van der Waals surface area contributed by atoms with Crippen LogP contribution in [-0.2, 0) is 32.6 Å². The number of aromatic nitrogens is 3. The van der Waals surface area contributed by atoms with Gasteiger partial charge in [-0.1, -0.05) is 24.0 Å². The monoisotopic (exact) mass is 821 g/mol. The third-order valence-electron chi connectivity index (χ3n) is 12.0. The van der Waals surface area contributed by atoms with Gasteiger partial charge in [0.15, 0.2) is 0 Å². The van der Waals surface area contributed by atoms with Crippen LogP contribution in [0.25, 0.3) is 21.8 Å². The third-order valence-corrected chi connectivity index (χ3v) is 12.0. The lowest BCUT2D eigenvalue weighted by molar-refractivity contribution is -0.135. The fourth-order valence-corrected chi connectivity index (χ4v) is 8.86. The normalized spacial score (nSPS) is 20.6. The van der Waals surface area contributed by atoms with Crippen LogP contribution in [0.3, 0.4) is 0 Å². The first-order chi connectivity index (χ1) is 29.0. The molecule has 2 saturated heterocycles. The van der Waals surface area contributed by atoms with Crippen molar-refractivity contribution in [2.24, 2.45) is 24.6 Å². The Labute approximate surface area is 349 Å². The number of amides is 4. The molecule has 318 valence electrons. The number of nitrogens with two attached hydrogens (primary N) is 1. The van der Waals surface area contributed by atoms with Crippen molar-refractivity contribution < 1.29 is 33.4 Å². The Bertz CT molecular complexity index is 2390. The number of fused-ring (bicyclic) bond motifs is 2. The first-order valence-corrected chi connectivity index (χ1v) is 21.0. The molecule has 2 atom stereocenters. The number of hydrogen-bond acceptors (Lipinski definition) is 10. The number of carbonyl (C=O) groups excluding carboxylic acids is 4. The highest BCUT2D eigenvalue weighted by Gasteiger charge is 2.32. The highest BCUT2D eigenvalue weighted by molar-refractivity contribution is 6.03. The van der Waals surface area contributed by atoms with Crippen LogP contribution in [-0.4, -0.2) is 95.8 Å². The van der Waals surface area contributed by atoms with Crippen molar-refractivity contribution in [2.75, 3.05) is 47.1 Å². The molecule has 3 aliphatic rings. The zero-order chi connectivity index (χ0) is 42.3. The number of nitrogens with zero attached hydrogens (tertiary/aromatic N) is 4. The number of pyridine rings is 1. The maximum Gasteiger partial charge on any atom is 0.329 e. The Morgan fingerprint density at radius 2 is 1.78 bits per heavy atom. The summed E-state index contributed by atoms with van der Waals surface area (Å²) in [6.07, 6.45) is 10.1. The number of aryl methyl sites for hydroxylation is 2. The number of imidazole rings is 1. The average molecular weight is 822 g/mol. The molecule has 4 heterocycles. The number of piperidine rings is 1. The second kappa shape index (κ2) is 19.1. The van der Waals surface area contributed by atoms with Crippen LogP contribution in [0.15, 0.2) is 41.3 Å². The molecule has 15 heteroatoms. The Balaban J connectivity index is 0.852. The standard InChI is InChI=1S/C45H55N7O8/c1-50(20-6-22-59-21-5-8-30-7-4-9-36-41(30)51(2)45(57)52(36)37-17-19-40(54)49-43(37)56)26-29-12-10-28(11-13-29)14-15-31-25-47-44(60-27-32-16-18-39(53)48-32)34-24-38(58-3)35(42(46)55)23-33(31)34/h4,7,9,23-25,28-29,32,37H,5-6,8,10-13,16-22,26-27H2,1-3H3,(H2,46,55)(H,48,53)(H,49,54,56)/t28-,29-,32-,37?/m0/s1. The summed E-state index contributed by atoms with van der Waals surface area (Å²) in [6.45, 7) is 3.54. The van der Waals surface area contributed by atoms with Gasteiger partial charge in [0.25, 0.3) is 5.91 Å². The predicted molar refractivity (Wildman–Crippen MR) is 226 cm³/mol. The minimum atomic E-state index is -0.700. The Hall–Kier alpha value is -5.72. The molecule has 1 aliphatic carbocycles. The van der Waals surface area contributed by atoms with E-state index in [0.29, 0.717) is 71.9 Å². The fourth-order valence-electron chi connectivity index (χ4n) is 8.86. The molecule has 1 saturated carbocycles. The van der Waals surface area contributed by atoms with Gasteiger partial charge in [0, 0.05) is 69.1 Å². The van der Waals surface area contributed by atoms with Gasteiger partial charge in [-0.2, -0.15) is 0 Å². The van der Waals surface area contributed by atoms with Crippen LogP contribution in [0.5, 0.6) is 11.6 Å². The van der Waals surface area contributed by atoms with E-state index in [9.17, 15) is 24.0 Å². The molecule has 1 unspecified atom stereocenters. The molecule has 4 N–H and O–H groups in total. The molecule has 3 fully saturated rings. The molecule has 60 heavy (non-hydrogen) atoms. The van der Waals surface area contributed by atoms with Crippen LogP contribution in [0.2, 0.25) is 0 Å². The molecule has 0 spiro atoms. The van der Waals surface area contributed by atoms with Crippen LogP contribution in [0.4, 0.5) is 0 Å². The van der Waals surface area contributed by atoms with E-state index in [-0.39, 0.29) is 48.1 Å². The first kappa shape index (κ1) is 42.4. The number of ether oxygens (including phenoxy) is 3.